The van der Waals surface area contributed by atoms with Gasteiger partial charge < -0.3 is 20.1 Å². The summed E-state index contributed by atoms with van der Waals surface area (Å²) in [6.07, 6.45) is 1.87. The van der Waals surface area contributed by atoms with Gasteiger partial charge in [-0.2, -0.15) is 0 Å². The summed E-state index contributed by atoms with van der Waals surface area (Å²) >= 11 is 3.54. The van der Waals surface area contributed by atoms with E-state index in [0.29, 0.717) is 18.3 Å². The third-order valence-corrected chi connectivity index (χ3v) is 12.9. The van der Waals surface area contributed by atoms with E-state index in [0.717, 1.165) is 56.7 Å². The Hall–Kier alpha value is -4.88. The van der Waals surface area contributed by atoms with Crippen molar-refractivity contribution in [2.45, 2.75) is 30.2 Å². The first-order valence-electron chi connectivity index (χ1n) is 19.0. The van der Waals surface area contributed by atoms with Crippen LogP contribution in [-0.2, 0) is 9.59 Å². The Bertz CT molecular complexity index is 2160. The van der Waals surface area contributed by atoms with E-state index in [1.165, 1.54) is 5.56 Å². The van der Waals surface area contributed by atoms with E-state index < -0.39 is 0 Å². The molecule has 4 aromatic carbocycles. The van der Waals surface area contributed by atoms with Crippen LogP contribution >= 0.6 is 23.5 Å². The highest BCUT2D eigenvalue weighted by Gasteiger charge is 2.40. The third kappa shape index (κ3) is 7.75. The number of hydrogen-bond donors (Lipinski definition) is 2. The molecular formula is C44H48N8O2S2. The van der Waals surface area contributed by atoms with Crippen molar-refractivity contribution in [3.05, 3.63) is 138 Å². The first kappa shape index (κ1) is 38.0. The molecule has 0 saturated carbocycles. The van der Waals surface area contributed by atoms with Crippen molar-refractivity contribution in [1.29, 1.82) is 0 Å². The maximum atomic E-state index is 13.9. The van der Waals surface area contributed by atoms with Crippen molar-refractivity contribution >= 4 is 41.2 Å². The topological polar surface area (TPSA) is 100 Å². The van der Waals surface area contributed by atoms with Gasteiger partial charge in [0, 0.05) is 11.5 Å². The van der Waals surface area contributed by atoms with Crippen LogP contribution in [0, 0.1) is 0 Å². The number of imidazole rings is 1. The Morgan fingerprint density at radius 2 is 1.18 bits per heavy atom. The van der Waals surface area contributed by atoms with Crippen LogP contribution in [0.1, 0.15) is 46.7 Å². The minimum absolute atomic E-state index is 0.0638. The van der Waals surface area contributed by atoms with Gasteiger partial charge in [0.15, 0.2) is 0 Å². The number of aromatic amines is 1. The number of nitrogens with one attached hydrogen (secondary N) is 2. The summed E-state index contributed by atoms with van der Waals surface area (Å²) in [4.78, 5) is 49.0. The highest BCUT2D eigenvalue weighted by Crippen LogP contribution is 2.37. The van der Waals surface area contributed by atoms with Crippen LogP contribution in [0.25, 0.3) is 22.4 Å². The fourth-order valence-corrected chi connectivity index (χ4v) is 10.3. The smallest absolute Gasteiger partial charge is 0.245 e. The SMILES string of the molecule is CN(C)[C@@H](C(=O)N1CSC[C@H]1C1=NCC(c2ccc(-c3ccc(-c4cnc([C@@H]5CSCN5C(=O)[C@@H](c5ccccc5)N(C)C)[nH]4)cc3)cc2)N1)c1ccccc1. The molecule has 8 rings (SSSR count). The number of benzene rings is 4. The molecule has 1 aromatic heterocycles. The largest absolute Gasteiger partial charge is 0.363 e. The standard InChI is InChI=1S/C44H48N8O2S2/c1-49(2)39(33-11-7-5-8-12-33)43(53)51-27-55-25-37(51)41-45-23-35(47-41)31-19-15-29(16-20-31)30-17-21-32(22-18-30)36-24-46-42(48-36)38-26-56-28-52(38)44(54)40(50(3)4)34-13-9-6-10-14-34/h5-23,36-40H,24-28H2,1-4H3,(H,45,47)(H,46,48)/t36?,37-,38-,39+,40+/m0/s1. The number of amidine groups is 1. The first-order chi connectivity index (χ1) is 27.3. The molecule has 2 N–H and O–H groups in total. The molecule has 10 nitrogen and oxygen atoms in total. The molecule has 3 aliphatic rings. The second-order valence-electron chi connectivity index (χ2n) is 15.0. The van der Waals surface area contributed by atoms with E-state index in [1.807, 2.05) is 115 Å². The van der Waals surface area contributed by atoms with E-state index in [1.54, 1.807) is 23.5 Å². The molecule has 0 bridgehead atoms. The van der Waals surface area contributed by atoms with E-state index in [9.17, 15) is 9.59 Å². The van der Waals surface area contributed by atoms with Crippen molar-refractivity contribution in [1.82, 2.24) is 34.9 Å². The monoisotopic (exact) mass is 784 g/mol. The predicted octanol–water partition coefficient (Wildman–Crippen LogP) is 6.87. The van der Waals surface area contributed by atoms with Crippen molar-refractivity contribution in [3.63, 3.8) is 0 Å². The Morgan fingerprint density at radius 1 is 0.679 bits per heavy atom. The highest BCUT2D eigenvalue weighted by molar-refractivity contribution is 7.99. The summed E-state index contributed by atoms with van der Waals surface area (Å²) in [6.45, 7) is 0.642. The summed E-state index contributed by atoms with van der Waals surface area (Å²) in [5.41, 5.74) is 7.40. The zero-order valence-corrected chi connectivity index (χ0v) is 33.8. The number of aromatic nitrogens is 2. The summed E-state index contributed by atoms with van der Waals surface area (Å²) in [7, 11) is 7.84. The lowest BCUT2D eigenvalue weighted by Crippen LogP contribution is -2.49. The number of rotatable bonds is 11. The number of carbonyl (C=O) groups excluding carboxylic acids is 2. The van der Waals surface area contributed by atoms with Crippen molar-refractivity contribution in [2.75, 3.05) is 58.0 Å². The quantitative estimate of drug-likeness (QED) is 0.150. The number of hydrogen-bond acceptors (Lipinski definition) is 9. The van der Waals surface area contributed by atoms with Gasteiger partial charge in [0.25, 0.3) is 0 Å². The molecule has 12 heteroatoms. The van der Waals surface area contributed by atoms with Gasteiger partial charge in [-0.3, -0.25) is 24.4 Å². The molecule has 2 fully saturated rings. The van der Waals surface area contributed by atoms with Gasteiger partial charge >= 0.3 is 0 Å². The molecule has 0 radical (unpaired) electrons. The molecule has 4 heterocycles. The average molecular weight is 785 g/mol. The van der Waals surface area contributed by atoms with Crippen LogP contribution in [0.3, 0.4) is 0 Å². The average Bonchev–Trinajstić information content (AvgIpc) is 4.06. The normalized spacial score (nSPS) is 20.7. The van der Waals surface area contributed by atoms with Gasteiger partial charge in [-0.1, -0.05) is 109 Å². The molecular weight excluding hydrogens is 737 g/mol. The van der Waals surface area contributed by atoms with Gasteiger partial charge in [-0.25, -0.2) is 4.98 Å². The Kier molecular flexibility index (Phi) is 11.3. The zero-order valence-electron chi connectivity index (χ0n) is 32.2. The van der Waals surface area contributed by atoms with Crippen LogP contribution in [-0.4, -0.2) is 111 Å². The van der Waals surface area contributed by atoms with Crippen molar-refractivity contribution in [2.24, 2.45) is 4.99 Å². The molecule has 2 saturated heterocycles. The molecule has 5 aromatic rings. The second kappa shape index (κ2) is 16.7. The number of aliphatic imine (C=N–C) groups is 1. The van der Waals surface area contributed by atoms with Gasteiger partial charge in [-0.05, 0) is 61.6 Å². The summed E-state index contributed by atoms with van der Waals surface area (Å²) < 4.78 is 0. The summed E-state index contributed by atoms with van der Waals surface area (Å²) in [5.74, 6) is 4.84. The van der Waals surface area contributed by atoms with E-state index >= 15 is 0 Å². The van der Waals surface area contributed by atoms with Gasteiger partial charge in [0.1, 0.15) is 23.7 Å². The number of H-pyrrole nitrogens is 1. The number of carbonyl (C=O) groups is 2. The number of amides is 2. The Balaban J connectivity index is 0.899. The van der Waals surface area contributed by atoms with Crippen molar-refractivity contribution < 1.29 is 9.59 Å². The maximum absolute atomic E-state index is 13.9. The molecule has 56 heavy (non-hydrogen) atoms. The minimum Gasteiger partial charge on any atom is -0.363 e. The van der Waals surface area contributed by atoms with E-state index in [2.05, 4.69) is 58.8 Å². The molecule has 288 valence electrons. The molecule has 0 spiro atoms. The van der Waals surface area contributed by atoms with Crippen LogP contribution in [0.4, 0.5) is 0 Å². The summed E-state index contributed by atoms with van der Waals surface area (Å²) in [5, 5.41) is 3.67. The highest BCUT2D eigenvalue weighted by atomic mass is 32.2. The number of likely N-dealkylation sites (N-methyl/N-ethyl adjacent to an activating group) is 2. The van der Waals surface area contributed by atoms with E-state index in [4.69, 9.17) is 9.98 Å². The fourth-order valence-electron chi connectivity index (χ4n) is 7.93. The molecule has 0 aliphatic carbocycles. The van der Waals surface area contributed by atoms with Crippen molar-refractivity contribution in [3.8, 4) is 22.4 Å². The van der Waals surface area contributed by atoms with Gasteiger partial charge in [-0.15, -0.1) is 23.5 Å². The molecule has 3 aliphatic heterocycles. The lowest BCUT2D eigenvalue weighted by molar-refractivity contribution is -0.137. The maximum Gasteiger partial charge on any atom is 0.245 e. The summed E-state index contributed by atoms with van der Waals surface area (Å²) in [6, 6.07) is 36.4. The number of nitrogens with zero attached hydrogens (tertiary/aromatic N) is 6. The van der Waals surface area contributed by atoms with E-state index in [-0.39, 0.29) is 42.0 Å². The molecule has 5 atom stereocenters. The first-order valence-corrected chi connectivity index (χ1v) is 21.3. The molecule has 2 amide bonds. The Morgan fingerprint density at radius 3 is 1.73 bits per heavy atom. The fraction of sp³-hybridized carbons (Fsp3) is 0.318. The second-order valence-corrected chi connectivity index (χ2v) is 17.0. The molecule has 1 unspecified atom stereocenters. The number of thioether (sulfide) groups is 2. The van der Waals surface area contributed by atoms with Gasteiger partial charge in [0.05, 0.1) is 48.3 Å². The lowest BCUT2D eigenvalue weighted by atomic mass is 9.99. The Labute approximate surface area is 337 Å². The zero-order chi connectivity index (χ0) is 38.8. The minimum atomic E-state index is -0.352. The van der Waals surface area contributed by atoms with Crippen LogP contribution in [0.2, 0.25) is 0 Å². The third-order valence-electron chi connectivity index (χ3n) is 10.9. The van der Waals surface area contributed by atoms with Crippen LogP contribution in [0.5, 0.6) is 0 Å². The van der Waals surface area contributed by atoms with Gasteiger partial charge in [0.2, 0.25) is 11.8 Å². The lowest BCUT2D eigenvalue weighted by Gasteiger charge is -2.32. The van der Waals surface area contributed by atoms with Crippen LogP contribution in [0.15, 0.2) is 120 Å². The predicted molar refractivity (Wildman–Crippen MR) is 228 cm³/mol. The van der Waals surface area contributed by atoms with Crippen LogP contribution < -0.4 is 5.32 Å².